The Morgan fingerprint density at radius 1 is 1.38 bits per heavy atom. The van der Waals surface area contributed by atoms with Crippen molar-refractivity contribution in [3.05, 3.63) is 33.8 Å². The molecule has 1 aromatic rings. The van der Waals surface area contributed by atoms with Gasteiger partial charge in [0.25, 0.3) is 0 Å². The molecule has 116 valence electrons. The summed E-state index contributed by atoms with van der Waals surface area (Å²) in [4.78, 5) is 0. The summed E-state index contributed by atoms with van der Waals surface area (Å²) in [5.41, 5.74) is 2.27. The molecule has 2 fully saturated rings. The maximum absolute atomic E-state index is 10.8. The quantitative estimate of drug-likeness (QED) is 0.831. The first kappa shape index (κ1) is 15.9. The number of benzene rings is 1. The first-order valence-electron chi connectivity index (χ1n) is 7.75. The van der Waals surface area contributed by atoms with E-state index in [9.17, 15) is 5.11 Å². The molecule has 0 saturated carbocycles. The number of hydrogen-bond acceptors (Lipinski definition) is 3. The zero-order valence-electron chi connectivity index (χ0n) is 12.5. The Hall–Kier alpha value is -0.0300. The lowest BCUT2D eigenvalue weighted by atomic mass is 9.78. The number of aryl methyl sites for hydroxylation is 1. The summed E-state index contributed by atoms with van der Waals surface area (Å²) in [5.74, 6) is 2.70. The average molecular weight is 371 g/mol. The summed E-state index contributed by atoms with van der Waals surface area (Å²) in [7, 11) is 0. The Morgan fingerprint density at radius 2 is 2.14 bits per heavy atom. The number of ether oxygens (including phenoxy) is 1. The van der Waals surface area contributed by atoms with E-state index in [2.05, 4.69) is 41.1 Å². The van der Waals surface area contributed by atoms with Gasteiger partial charge in [0.1, 0.15) is 0 Å². The Kier molecular flexibility index (Phi) is 4.99. The second-order valence-electron chi connectivity index (χ2n) is 6.35. The molecule has 2 saturated heterocycles. The van der Waals surface area contributed by atoms with E-state index in [-0.39, 0.29) is 11.7 Å². The molecule has 2 aliphatic heterocycles. The molecule has 3 rings (SSSR count). The van der Waals surface area contributed by atoms with Crippen molar-refractivity contribution in [1.29, 1.82) is 0 Å². The predicted molar refractivity (Wildman–Crippen MR) is 91.8 cm³/mol. The Morgan fingerprint density at radius 3 is 2.86 bits per heavy atom. The monoisotopic (exact) mass is 370 g/mol. The van der Waals surface area contributed by atoms with Crippen LogP contribution in [0.25, 0.3) is 0 Å². The van der Waals surface area contributed by atoms with Gasteiger partial charge in [0, 0.05) is 11.1 Å². The molecule has 2 unspecified atom stereocenters. The zero-order chi connectivity index (χ0) is 14.9. The van der Waals surface area contributed by atoms with E-state index < -0.39 is 0 Å². The molecule has 1 spiro atoms. The van der Waals surface area contributed by atoms with Gasteiger partial charge < -0.3 is 9.84 Å². The number of rotatable bonds is 2. The molecular weight excluding hydrogens is 348 g/mol. The summed E-state index contributed by atoms with van der Waals surface area (Å²) < 4.78 is 7.21. The first-order valence-corrected chi connectivity index (χ1v) is 9.70. The first-order chi connectivity index (χ1) is 10.1. The SMILES string of the molecule is Cc1ccc(C(O)C2CCOC3(CCSCC3)C2)cc1Br. The third-order valence-electron chi connectivity index (χ3n) is 4.92. The van der Waals surface area contributed by atoms with Crippen LogP contribution in [0.2, 0.25) is 0 Å². The summed E-state index contributed by atoms with van der Waals surface area (Å²) in [6.07, 6.45) is 3.86. The van der Waals surface area contributed by atoms with Crippen molar-refractivity contribution in [1.82, 2.24) is 0 Å². The van der Waals surface area contributed by atoms with Gasteiger partial charge >= 0.3 is 0 Å². The highest BCUT2D eigenvalue weighted by Crippen LogP contribution is 2.43. The molecule has 2 aliphatic rings. The summed E-state index contributed by atoms with van der Waals surface area (Å²) >= 11 is 5.59. The summed E-state index contributed by atoms with van der Waals surface area (Å²) in [6, 6.07) is 6.21. The third-order valence-corrected chi connectivity index (χ3v) is 6.76. The van der Waals surface area contributed by atoms with Crippen molar-refractivity contribution in [3.8, 4) is 0 Å². The molecule has 0 bridgehead atoms. The van der Waals surface area contributed by atoms with Gasteiger partial charge in [0.05, 0.1) is 11.7 Å². The minimum atomic E-state index is -0.378. The number of halogens is 1. The number of hydrogen-bond donors (Lipinski definition) is 1. The van der Waals surface area contributed by atoms with Gasteiger partial charge in [-0.1, -0.05) is 28.1 Å². The molecular formula is C17H23BrO2S. The smallest absolute Gasteiger partial charge is 0.0820 e. The lowest BCUT2D eigenvalue weighted by molar-refractivity contribution is -0.121. The molecule has 0 aliphatic carbocycles. The number of thioether (sulfide) groups is 1. The van der Waals surface area contributed by atoms with Crippen LogP contribution in [0.3, 0.4) is 0 Å². The molecule has 2 atom stereocenters. The Labute approximate surface area is 139 Å². The van der Waals surface area contributed by atoms with Gasteiger partial charge in [-0.25, -0.2) is 0 Å². The second kappa shape index (κ2) is 6.61. The third kappa shape index (κ3) is 3.49. The molecule has 2 nitrogen and oxygen atoms in total. The van der Waals surface area contributed by atoms with Gasteiger partial charge in [0.15, 0.2) is 0 Å². The van der Waals surface area contributed by atoms with Crippen LogP contribution in [0.1, 0.15) is 42.9 Å². The fourth-order valence-electron chi connectivity index (χ4n) is 3.49. The molecule has 4 heteroatoms. The topological polar surface area (TPSA) is 29.5 Å². The van der Waals surface area contributed by atoms with Crippen LogP contribution in [0.5, 0.6) is 0 Å². The summed E-state index contributed by atoms with van der Waals surface area (Å²) in [6.45, 7) is 2.86. The minimum absolute atomic E-state index is 0.0388. The number of aliphatic hydroxyl groups is 1. The van der Waals surface area contributed by atoms with E-state index in [1.165, 1.54) is 17.1 Å². The minimum Gasteiger partial charge on any atom is -0.388 e. The molecule has 2 heterocycles. The maximum atomic E-state index is 10.8. The van der Waals surface area contributed by atoms with E-state index in [0.717, 1.165) is 42.3 Å². The van der Waals surface area contributed by atoms with Crippen LogP contribution in [0.4, 0.5) is 0 Å². The molecule has 1 aromatic carbocycles. The van der Waals surface area contributed by atoms with Crippen LogP contribution in [0, 0.1) is 12.8 Å². The van der Waals surface area contributed by atoms with Crippen molar-refractivity contribution in [2.75, 3.05) is 18.1 Å². The van der Waals surface area contributed by atoms with Crippen molar-refractivity contribution in [2.45, 2.75) is 44.3 Å². The van der Waals surface area contributed by atoms with E-state index in [1.807, 2.05) is 11.8 Å². The molecule has 0 radical (unpaired) electrons. The van der Waals surface area contributed by atoms with Crippen LogP contribution in [-0.2, 0) is 4.74 Å². The molecule has 1 N–H and O–H groups in total. The van der Waals surface area contributed by atoms with E-state index in [0.29, 0.717) is 5.92 Å². The molecule has 0 amide bonds. The van der Waals surface area contributed by atoms with Crippen LogP contribution < -0.4 is 0 Å². The highest BCUT2D eigenvalue weighted by molar-refractivity contribution is 9.10. The van der Waals surface area contributed by atoms with Gasteiger partial charge in [-0.3, -0.25) is 0 Å². The van der Waals surface area contributed by atoms with Crippen LogP contribution in [0.15, 0.2) is 22.7 Å². The van der Waals surface area contributed by atoms with Crippen LogP contribution in [-0.4, -0.2) is 28.8 Å². The molecule has 21 heavy (non-hydrogen) atoms. The van der Waals surface area contributed by atoms with Crippen molar-refractivity contribution in [3.63, 3.8) is 0 Å². The van der Waals surface area contributed by atoms with E-state index in [4.69, 9.17) is 4.74 Å². The highest BCUT2D eigenvalue weighted by Gasteiger charge is 2.41. The van der Waals surface area contributed by atoms with Crippen molar-refractivity contribution in [2.24, 2.45) is 5.92 Å². The number of aliphatic hydroxyl groups excluding tert-OH is 1. The highest BCUT2D eigenvalue weighted by atomic mass is 79.9. The average Bonchev–Trinajstić information content (AvgIpc) is 2.50. The van der Waals surface area contributed by atoms with E-state index in [1.54, 1.807) is 0 Å². The summed E-state index contributed by atoms with van der Waals surface area (Å²) in [5, 5.41) is 10.8. The van der Waals surface area contributed by atoms with E-state index >= 15 is 0 Å². The van der Waals surface area contributed by atoms with Crippen molar-refractivity contribution < 1.29 is 9.84 Å². The second-order valence-corrected chi connectivity index (χ2v) is 8.43. The normalized spacial score (nSPS) is 26.7. The van der Waals surface area contributed by atoms with Gasteiger partial charge in [-0.15, -0.1) is 0 Å². The van der Waals surface area contributed by atoms with Gasteiger partial charge in [0.2, 0.25) is 0 Å². The van der Waals surface area contributed by atoms with Crippen molar-refractivity contribution >= 4 is 27.7 Å². The fraction of sp³-hybridized carbons (Fsp3) is 0.647. The maximum Gasteiger partial charge on any atom is 0.0820 e. The standard InChI is InChI=1S/C17H23BrO2S/c1-12-2-3-13(10-15(12)18)16(19)14-4-7-20-17(11-14)5-8-21-9-6-17/h2-3,10,14,16,19H,4-9,11H2,1H3. The molecule has 0 aromatic heterocycles. The van der Waals surface area contributed by atoms with Crippen LogP contribution >= 0.6 is 27.7 Å². The fourth-order valence-corrected chi connectivity index (χ4v) is 5.13. The largest absolute Gasteiger partial charge is 0.388 e. The Bertz CT molecular complexity index is 494. The predicted octanol–water partition coefficient (Wildman–Crippen LogP) is 4.48. The lowest BCUT2D eigenvalue weighted by Crippen LogP contribution is -2.44. The van der Waals surface area contributed by atoms with Gasteiger partial charge in [-0.2, -0.15) is 11.8 Å². The Balaban J connectivity index is 1.74. The zero-order valence-corrected chi connectivity index (χ0v) is 14.9. The van der Waals surface area contributed by atoms with Gasteiger partial charge in [-0.05, 0) is 67.2 Å². The lowest BCUT2D eigenvalue weighted by Gasteiger charge is -2.44.